The Labute approximate surface area is 117 Å². The number of nitrogens with one attached hydrogen (secondary N) is 1. The van der Waals surface area contributed by atoms with Crippen LogP contribution < -0.4 is 16.8 Å². The van der Waals surface area contributed by atoms with Crippen LogP contribution in [0, 0.1) is 5.92 Å². The molecule has 1 heterocycles. The van der Waals surface area contributed by atoms with Crippen LogP contribution in [0.2, 0.25) is 0 Å². The predicted molar refractivity (Wildman–Crippen MR) is 75.9 cm³/mol. The molecule has 1 amide bonds. The topological polar surface area (TPSA) is 127 Å². The summed E-state index contributed by atoms with van der Waals surface area (Å²) in [7, 11) is 0. The normalized spacial score (nSPS) is 23.2. The monoisotopic (exact) mass is 279 g/mol. The van der Waals surface area contributed by atoms with Gasteiger partial charge in [-0.1, -0.05) is 13.8 Å². The second kappa shape index (κ2) is 5.62. The number of nitrogens with zero attached hydrogens (tertiary/aromatic N) is 2. The van der Waals surface area contributed by atoms with Crippen molar-refractivity contribution >= 4 is 17.7 Å². The largest absolute Gasteiger partial charge is 0.393 e. The third-order valence-electron chi connectivity index (χ3n) is 3.57. The van der Waals surface area contributed by atoms with Crippen LogP contribution in [0.5, 0.6) is 0 Å². The molecule has 1 aromatic rings. The summed E-state index contributed by atoms with van der Waals surface area (Å²) >= 11 is 0. The Bertz CT molecular complexity index is 500. The molecule has 0 aromatic carbocycles. The van der Waals surface area contributed by atoms with E-state index >= 15 is 0 Å². The van der Waals surface area contributed by atoms with E-state index < -0.39 is 11.9 Å². The first kappa shape index (κ1) is 14.5. The van der Waals surface area contributed by atoms with Crippen molar-refractivity contribution < 1.29 is 9.90 Å². The van der Waals surface area contributed by atoms with Gasteiger partial charge in [0.15, 0.2) is 0 Å². The highest BCUT2D eigenvalue weighted by Crippen LogP contribution is 2.36. The number of carbonyl (C=O) groups excluding carboxylic acids is 1. The Balaban J connectivity index is 2.17. The van der Waals surface area contributed by atoms with Crippen LogP contribution >= 0.6 is 0 Å². The molecule has 0 bridgehead atoms. The highest BCUT2D eigenvalue weighted by molar-refractivity contribution is 5.83. The highest BCUT2D eigenvalue weighted by atomic mass is 16.3. The van der Waals surface area contributed by atoms with E-state index in [1.54, 1.807) is 6.07 Å². The van der Waals surface area contributed by atoms with E-state index in [1.165, 1.54) is 0 Å². The smallest absolute Gasteiger partial charge is 0.240 e. The molecular formula is C13H21N5O2. The van der Waals surface area contributed by atoms with Crippen LogP contribution in [0.1, 0.15) is 38.3 Å². The molecule has 1 saturated carbocycles. The maximum absolute atomic E-state index is 11.4. The van der Waals surface area contributed by atoms with Gasteiger partial charge < -0.3 is 21.9 Å². The maximum atomic E-state index is 11.4. The number of nitrogens with two attached hydrogens (primary N) is 2. The van der Waals surface area contributed by atoms with Crippen molar-refractivity contribution in [2.75, 3.05) is 11.1 Å². The van der Waals surface area contributed by atoms with Gasteiger partial charge in [-0.25, -0.2) is 4.98 Å². The number of aromatic nitrogens is 2. The average Bonchev–Trinajstić information content (AvgIpc) is 2.30. The molecule has 2 rings (SSSR count). The summed E-state index contributed by atoms with van der Waals surface area (Å²) in [4.78, 5) is 19.7. The van der Waals surface area contributed by atoms with Gasteiger partial charge in [0.2, 0.25) is 11.9 Å². The Morgan fingerprint density at radius 1 is 1.45 bits per heavy atom. The number of aliphatic hydroxyl groups is 1. The lowest BCUT2D eigenvalue weighted by atomic mass is 9.80. The molecule has 0 radical (unpaired) electrons. The van der Waals surface area contributed by atoms with Crippen molar-refractivity contribution in [1.82, 2.24) is 9.97 Å². The lowest BCUT2D eigenvalue weighted by Gasteiger charge is -2.31. The molecule has 110 valence electrons. The third-order valence-corrected chi connectivity index (χ3v) is 3.57. The van der Waals surface area contributed by atoms with Crippen molar-refractivity contribution in [3.05, 3.63) is 11.8 Å². The standard InChI is InChI=1S/C13H21N5O2/c1-6(2)11(12(14)20)17-10-5-9(16-13(15)18-10)7-3-8(19)4-7/h5-8,11,19H,3-4H2,1-2H3,(H2,14,20)(H3,15,16,17,18)/t7?,8?,11-/m0/s1. The summed E-state index contributed by atoms with van der Waals surface area (Å²) in [5.74, 6) is 0.446. The Morgan fingerprint density at radius 3 is 2.60 bits per heavy atom. The van der Waals surface area contributed by atoms with Gasteiger partial charge in [0.1, 0.15) is 11.9 Å². The molecule has 0 aliphatic heterocycles. The molecule has 1 aromatic heterocycles. The SMILES string of the molecule is CC(C)[C@H](Nc1cc(C2CC(O)C2)nc(N)n1)C(N)=O. The number of anilines is 2. The average molecular weight is 279 g/mol. The highest BCUT2D eigenvalue weighted by Gasteiger charge is 2.30. The van der Waals surface area contributed by atoms with E-state index in [2.05, 4.69) is 15.3 Å². The van der Waals surface area contributed by atoms with E-state index in [9.17, 15) is 9.90 Å². The summed E-state index contributed by atoms with van der Waals surface area (Å²) in [6.45, 7) is 3.80. The second-order valence-electron chi connectivity index (χ2n) is 5.63. The Hall–Kier alpha value is -1.89. The van der Waals surface area contributed by atoms with Gasteiger partial charge >= 0.3 is 0 Å². The van der Waals surface area contributed by atoms with Gasteiger partial charge in [-0.3, -0.25) is 4.79 Å². The number of amides is 1. The molecule has 1 aliphatic rings. The molecule has 20 heavy (non-hydrogen) atoms. The number of nitrogen functional groups attached to an aromatic ring is 1. The number of hydrogen-bond acceptors (Lipinski definition) is 6. The van der Waals surface area contributed by atoms with Crippen molar-refractivity contribution in [2.24, 2.45) is 11.7 Å². The Kier molecular flexibility index (Phi) is 4.08. The molecule has 7 heteroatoms. The van der Waals surface area contributed by atoms with Crippen LogP contribution in [-0.2, 0) is 4.79 Å². The molecule has 6 N–H and O–H groups in total. The van der Waals surface area contributed by atoms with Crippen molar-refractivity contribution in [2.45, 2.75) is 44.8 Å². The van der Waals surface area contributed by atoms with Gasteiger partial charge in [-0.2, -0.15) is 4.98 Å². The van der Waals surface area contributed by atoms with Crippen molar-refractivity contribution in [3.63, 3.8) is 0 Å². The number of aliphatic hydroxyl groups excluding tert-OH is 1. The summed E-state index contributed by atoms with van der Waals surface area (Å²) in [6, 6.07) is 1.26. The van der Waals surface area contributed by atoms with Gasteiger partial charge in [-0.05, 0) is 18.8 Å². The molecule has 1 atom stereocenters. The van der Waals surface area contributed by atoms with E-state index in [4.69, 9.17) is 11.5 Å². The van der Waals surface area contributed by atoms with E-state index in [0.717, 1.165) is 5.69 Å². The lowest BCUT2D eigenvalue weighted by Crippen LogP contribution is -2.40. The fourth-order valence-corrected chi connectivity index (χ4v) is 2.32. The summed E-state index contributed by atoms with van der Waals surface area (Å²) < 4.78 is 0. The zero-order valence-corrected chi connectivity index (χ0v) is 11.7. The van der Waals surface area contributed by atoms with Crippen LogP contribution in [0.4, 0.5) is 11.8 Å². The Morgan fingerprint density at radius 2 is 2.10 bits per heavy atom. The minimum absolute atomic E-state index is 0.0395. The van der Waals surface area contributed by atoms with E-state index in [0.29, 0.717) is 18.7 Å². The fraction of sp³-hybridized carbons (Fsp3) is 0.615. The van der Waals surface area contributed by atoms with Crippen LogP contribution in [-0.4, -0.2) is 33.1 Å². The minimum atomic E-state index is -0.510. The van der Waals surface area contributed by atoms with Crippen molar-refractivity contribution in [1.29, 1.82) is 0 Å². The van der Waals surface area contributed by atoms with Gasteiger partial charge in [0, 0.05) is 12.0 Å². The zero-order chi connectivity index (χ0) is 14.9. The van der Waals surface area contributed by atoms with E-state index in [1.807, 2.05) is 13.8 Å². The number of rotatable bonds is 5. The molecule has 1 fully saturated rings. The summed E-state index contributed by atoms with van der Waals surface area (Å²) in [5, 5.41) is 12.4. The fourth-order valence-electron chi connectivity index (χ4n) is 2.32. The number of carbonyl (C=O) groups is 1. The molecular weight excluding hydrogens is 258 g/mol. The van der Waals surface area contributed by atoms with Crippen LogP contribution in [0.25, 0.3) is 0 Å². The molecule has 0 saturated heterocycles. The summed E-state index contributed by atoms with van der Waals surface area (Å²) in [6.07, 6.45) is 1.10. The molecule has 0 spiro atoms. The molecule has 7 nitrogen and oxygen atoms in total. The van der Waals surface area contributed by atoms with Crippen LogP contribution in [0.3, 0.4) is 0 Å². The zero-order valence-electron chi connectivity index (χ0n) is 11.7. The van der Waals surface area contributed by atoms with Gasteiger partial charge in [0.25, 0.3) is 0 Å². The van der Waals surface area contributed by atoms with Crippen molar-refractivity contribution in [3.8, 4) is 0 Å². The predicted octanol–water partition coefficient (Wildman–Crippen LogP) is 0.219. The van der Waals surface area contributed by atoms with Gasteiger partial charge in [0.05, 0.1) is 11.8 Å². The summed E-state index contributed by atoms with van der Waals surface area (Å²) in [5.41, 5.74) is 11.9. The lowest BCUT2D eigenvalue weighted by molar-refractivity contribution is -0.119. The second-order valence-corrected chi connectivity index (χ2v) is 5.63. The first-order valence-electron chi connectivity index (χ1n) is 6.75. The molecule has 0 unspecified atom stereocenters. The quantitative estimate of drug-likeness (QED) is 0.610. The first-order valence-corrected chi connectivity index (χ1v) is 6.75. The third kappa shape index (κ3) is 3.16. The minimum Gasteiger partial charge on any atom is -0.393 e. The number of hydrogen-bond donors (Lipinski definition) is 4. The van der Waals surface area contributed by atoms with Gasteiger partial charge in [-0.15, -0.1) is 0 Å². The van der Waals surface area contributed by atoms with Crippen LogP contribution in [0.15, 0.2) is 6.07 Å². The first-order chi connectivity index (χ1) is 9.36. The molecule has 1 aliphatic carbocycles. The van der Waals surface area contributed by atoms with E-state index in [-0.39, 0.29) is 23.9 Å². The number of primary amides is 1. The maximum Gasteiger partial charge on any atom is 0.240 e.